The fraction of sp³-hybridized carbons (Fsp3) is 0.600. The van der Waals surface area contributed by atoms with Crippen LogP contribution in [0.15, 0.2) is 18.2 Å². The molecule has 1 saturated heterocycles. The molecule has 2 rings (SSSR count). The molecule has 7 nitrogen and oxygen atoms in total. The molecule has 3 atom stereocenters. The summed E-state index contributed by atoms with van der Waals surface area (Å²) < 4.78 is 16.1. The summed E-state index contributed by atoms with van der Waals surface area (Å²) in [6.07, 6.45) is -0.0484. The highest BCUT2D eigenvalue weighted by Gasteiger charge is 2.33. The third-order valence-corrected chi connectivity index (χ3v) is 4.56. The minimum absolute atomic E-state index is 0.0242. The number of carbonyl (C=O) groups is 2. The summed E-state index contributed by atoms with van der Waals surface area (Å²) >= 11 is 0. The molecule has 27 heavy (non-hydrogen) atoms. The van der Waals surface area contributed by atoms with Crippen LogP contribution in [-0.2, 0) is 9.53 Å². The van der Waals surface area contributed by atoms with Crippen molar-refractivity contribution >= 4 is 11.8 Å². The molecule has 0 unspecified atom stereocenters. The molecule has 1 fully saturated rings. The molecule has 1 aromatic carbocycles. The monoisotopic (exact) mass is 378 g/mol. The molecule has 0 aromatic heterocycles. The van der Waals surface area contributed by atoms with Gasteiger partial charge in [0.2, 0.25) is 5.91 Å². The van der Waals surface area contributed by atoms with Crippen molar-refractivity contribution in [2.24, 2.45) is 5.92 Å². The van der Waals surface area contributed by atoms with E-state index in [1.54, 1.807) is 23.1 Å². The second-order valence-corrected chi connectivity index (χ2v) is 7.30. The van der Waals surface area contributed by atoms with E-state index >= 15 is 0 Å². The zero-order valence-electron chi connectivity index (χ0n) is 16.9. The van der Waals surface area contributed by atoms with Crippen molar-refractivity contribution in [1.82, 2.24) is 10.2 Å². The number of hydrogen-bond acceptors (Lipinski definition) is 5. The van der Waals surface area contributed by atoms with Crippen LogP contribution in [0.3, 0.4) is 0 Å². The number of rotatable bonds is 6. The summed E-state index contributed by atoms with van der Waals surface area (Å²) in [7, 11) is 3.05. The Hall–Kier alpha value is -2.28. The zero-order chi connectivity index (χ0) is 20.1. The molecule has 2 amide bonds. The molecular weight excluding hydrogens is 348 g/mol. The van der Waals surface area contributed by atoms with Crippen LogP contribution in [-0.4, -0.2) is 62.3 Å². The van der Waals surface area contributed by atoms with Crippen LogP contribution in [0, 0.1) is 5.92 Å². The van der Waals surface area contributed by atoms with Gasteiger partial charge in [-0.25, -0.2) is 0 Å². The van der Waals surface area contributed by atoms with Gasteiger partial charge < -0.3 is 24.4 Å². The normalized spacial score (nSPS) is 20.9. The minimum atomic E-state index is -0.618. The number of morpholine rings is 1. The van der Waals surface area contributed by atoms with Crippen molar-refractivity contribution < 1.29 is 23.8 Å². The van der Waals surface area contributed by atoms with E-state index < -0.39 is 6.04 Å². The lowest BCUT2D eigenvalue weighted by Gasteiger charge is -2.38. The van der Waals surface area contributed by atoms with Gasteiger partial charge in [0.15, 0.2) is 0 Å². The SMILES string of the molecule is COc1cc(OC)cc(C(=O)N[C@H](C(=O)N2C[C@@H](C)O[C@H](C)C2)C(C)C)c1. The first kappa shape index (κ1) is 21.0. The smallest absolute Gasteiger partial charge is 0.252 e. The lowest BCUT2D eigenvalue weighted by molar-refractivity contribution is -0.146. The number of nitrogens with zero attached hydrogens (tertiary/aromatic N) is 1. The molecule has 0 bridgehead atoms. The van der Waals surface area contributed by atoms with Crippen LogP contribution in [0.2, 0.25) is 0 Å². The van der Waals surface area contributed by atoms with Gasteiger partial charge in [0.1, 0.15) is 17.5 Å². The second kappa shape index (κ2) is 9.08. The number of carbonyl (C=O) groups excluding carboxylic acids is 2. The Morgan fingerprint density at radius 3 is 2.04 bits per heavy atom. The van der Waals surface area contributed by atoms with Crippen molar-refractivity contribution in [2.45, 2.75) is 45.9 Å². The maximum absolute atomic E-state index is 13.1. The molecule has 0 aliphatic carbocycles. The summed E-state index contributed by atoms with van der Waals surface area (Å²) in [5, 5.41) is 2.88. The Morgan fingerprint density at radius 2 is 1.59 bits per heavy atom. The Labute approximate surface area is 161 Å². The largest absolute Gasteiger partial charge is 0.497 e. The van der Waals surface area contributed by atoms with Crippen molar-refractivity contribution in [3.63, 3.8) is 0 Å². The number of nitrogens with one attached hydrogen (secondary N) is 1. The van der Waals surface area contributed by atoms with Crippen LogP contribution in [0.1, 0.15) is 38.1 Å². The van der Waals surface area contributed by atoms with Crippen molar-refractivity contribution in [1.29, 1.82) is 0 Å². The Morgan fingerprint density at radius 1 is 1.07 bits per heavy atom. The molecule has 0 radical (unpaired) electrons. The average Bonchev–Trinajstić information content (AvgIpc) is 2.63. The van der Waals surface area contributed by atoms with Crippen LogP contribution in [0.4, 0.5) is 0 Å². The van der Waals surface area contributed by atoms with Gasteiger partial charge in [0.05, 0.1) is 26.4 Å². The lowest BCUT2D eigenvalue weighted by Crippen LogP contribution is -2.56. The Kier molecular flexibility index (Phi) is 7.07. The van der Waals surface area contributed by atoms with E-state index in [1.165, 1.54) is 14.2 Å². The number of amides is 2. The van der Waals surface area contributed by atoms with Gasteiger partial charge in [-0.05, 0) is 31.9 Å². The van der Waals surface area contributed by atoms with Gasteiger partial charge >= 0.3 is 0 Å². The molecule has 1 aliphatic rings. The van der Waals surface area contributed by atoms with E-state index in [2.05, 4.69) is 5.32 Å². The number of ether oxygens (including phenoxy) is 3. The second-order valence-electron chi connectivity index (χ2n) is 7.30. The van der Waals surface area contributed by atoms with E-state index in [0.717, 1.165) is 0 Å². The summed E-state index contributed by atoms with van der Waals surface area (Å²) in [5.74, 6) is 0.553. The molecule has 1 aromatic rings. The highest BCUT2D eigenvalue weighted by atomic mass is 16.5. The average molecular weight is 378 g/mol. The topological polar surface area (TPSA) is 77.1 Å². The summed E-state index contributed by atoms with van der Waals surface area (Å²) in [6.45, 7) is 8.78. The number of benzene rings is 1. The molecule has 1 heterocycles. The maximum Gasteiger partial charge on any atom is 0.252 e. The molecular formula is C20H30N2O5. The first-order valence-electron chi connectivity index (χ1n) is 9.23. The summed E-state index contributed by atoms with van der Waals surface area (Å²) in [6, 6.07) is 4.32. The van der Waals surface area contributed by atoms with Gasteiger partial charge in [0, 0.05) is 24.7 Å². The van der Waals surface area contributed by atoms with Crippen molar-refractivity contribution in [3.05, 3.63) is 23.8 Å². The van der Waals surface area contributed by atoms with E-state index in [4.69, 9.17) is 14.2 Å². The lowest BCUT2D eigenvalue weighted by atomic mass is 10.0. The molecule has 1 N–H and O–H groups in total. The third-order valence-electron chi connectivity index (χ3n) is 4.56. The molecule has 0 saturated carbocycles. The first-order chi connectivity index (χ1) is 12.7. The maximum atomic E-state index is 13.1. The molecule has 150 valence electrons. The molecule has 7 heteroatoms. The van der Waals surface area contributed by atoms with Gasteiger partial charge in [-0.3, -0.25) is 9.59 Å². The fourth-order valence-corrected chi connectivity index (χ4v) is 3.23. The Bertz CT molecular complexity index is 644. The van der Waals surface area contributed by atoms with Crippen LogP contribution >= 0.6 is 0 Å². The molecule has 0 spiro atoms. The quantitative estimate of drug-likeness (QED) is 0.820. The van der Waals surface area contributed by atoms with Gasteiger partial charge in [-0.1, -0.05) is 13.8 Å². The van der Waals surface area contributed by atoms with E-state index in [9.17, 15) is 9.59 Å². The van der Waals surface area contributed by atoms with Crippen LogP contribution in [0.5, 0.6) is 11.5 Å². The summed E-state index contributed by atoms with van der Waals surface area (Å²) in [5.41, 5.74) is 0.383. The zero-order valence-corrected chi connectivity index (χ0v) is 16.9. The van der Waals surface area contributed by atoms with Crippen LogP contribution < -0.4 is 14.8 Å². The first-order valence-corrected chi connectivity index (χ1v) is 9.23. The van der Waals surface area contributed by atoms with Crippen LogP contribution in [0.25, 0.3) is 0 Å². The Balaban J connectivity index is 2.18. The number of hydrogen-bond donors (Lipinski definition) is 1. The predicted molar refractivity (Wildman–Crippen MR) is 102 cm³/mol. The predicted octanol–water partition coefficient (Wildman–Crippen LogP) is 2.09. The highest BCUT2D eigenvalue weighted by molar-refractivity contribution is 5.98. The van der Waals surface area contributed by atoms with Gasteiger partial charge in [0.25, 0.3) is 5.91 Å². The highest BCUT2D eigenvalue weighted by Crippen LogP contribution is 2.23. The van der Waals surface area contributed by atoms with Crippen molar-refractivity contribution in [2.75, 3.05) is 27.3 Å². The third kappa shape index (κ3) is 5.35. The number of methoxy groups -OCH3 is 2. The van der Waals surface area contributed by atoms with Crippen molar-refractivity contribution in [3.8, 4) is 11.5 Å². The standard InChI is InChI=1S/C20H30N2O5/c1-12(2)18(20(24)22-10-13(3)27-14(4)11-22)21-19(23)15-7-16(25-5)9-17(8-15)26-6/h7-9,12-14,18H,10-11H2,1-6H3,(H,21,23)/t13-,14-,18+/m1/s1. The van der Waals surface area contributed by atoms with E-state index in [-0.39, 0.29) is 29.9 Å². The molecule has 1 aliphatic heterocycles. The van der Waals surface area contributed by atoms with Gasteiger partial charge in [-0.15, -0.1) is 0 Å². The fourth-order valence-electron chi connectivity index (χ4n) is 3.23. The minimum Gasteiger partial charge on any atom is -0.497 e. The summed E-state index contributed by atoms with van der Waals surface area (Å²) in [4.78, 5) is 27.6. The van der Waals surface area contributed by atoms with E-state index in [0.29, 0.717) is 30.2 Å². The van der Waals surface area contributed by atoms with E-state index in [1.807, 2.05) is 27.7 Å². The van der Waals surface area contributed by atoms with Gasteiger partial charge in [-0.2, -0.15) is 0 Å².